The highest BCUT2D eigenvalue weighted by molar-refractivity contribution is 5.95. The first kappa shape index (κ1) is 23.1. The summed E-state index contributed by atoms with van der Waals surface area (Å²) in [5.41, 5.74) is 8.45. The van der Waals surface area contributed by atoms with Crippen LogP contribution < -0.4 is 11.1 Å². The van der Waals surface area contributed by atoms with Crippen LogP contribution in [0.4, 0.5) is 5.69 Å². The van der Waals surface area contributed by atoms with Crippen molar-refractivity contribution in [2.75, 3.05) is 18.4 Å². The molecule has 3 N–H and O–H groups in total. The molecule has 2 aromatic rings. The fourth-order valence-corrected chi connectivity index (χ4v) is 3.13. The van der Waals surface area contributed by atoms with Crippen molar-refractivity contribution in [1.82, 2.24) is 4.90 Å². The van der Waals surface area contributed by atoms with Crippen molar-refractivity contribution in [2.24, 2.45) is 5.73 Å². The lowest BCUT2D eigenvalue weighted by Gasteiger charge is -2.21. The number of anilines is 1. The van der Waals surface area contributed by atoms with Crippen LogP contribution in [0.3, 0.4) is 0 Å². The van der Waals surface area contributed by atoms with Gasteiger partial charge in [0.25, 0.3) is 0 Å². The zero-order valence-corrected chi connectivity index (χ0v) is 17.8. The highest BCUT2D eigenvalue weighted by atomic mass is 16.2. The zero-order valence-electron chi connectivity index (χ0n) is 17.8. The second kappa shape index (κ2) is 11.8. The Kier molecular flexibility index (Phi) is 9.06. The second-order valence-electron chi connectivity index (χ2n) is 7.31. The predicted molar refractivity (Wildman–Crippen MR) is 119 cm³/mol. The van der Waals surface area contributed by atoms with Gasteiger partial charge in [0.15, 0.2) is 0 Å². The van der Waals surface area contributed by atoms with Crippen molar-refractivity contribution in [2.45, 2.75) is 46.0 Å². The van der Waals surface area contributed by atoms with Crippen LogP contribution in [0, 0.1) is 0 Å². The van der Waals surface area contributed by atoms with Gasteiger partial charge >= 0.3 is 0 Å². The molecule has 0 saturated carbocycles. The van der Waals surface area contributed by atoms with Gasteiger partial charge in [-0.1, -0.05) is 37.6 Å². The van der Waals surface area contributed by atoms with E-state index in [2.05, 4.69) is 24.4 Å². The molecule has 6 nitrogen and oxygen atoms in total. The number of carbonyl (C=O) groups excluding carboxylic acids is 3. The van der Waals surface area contributed by atoms with Crippen molar-refractivity contribution in [3.8, 4) is 0 Å². The number of aryl methyl sites for hydroxylation is 1. The molecule has 0 spiro atoms. The van der Waals surface area contributed by atoms with Crippen LogP contribution in [0.5, 0.6) is 0 Å². The summed E-state index contributed by atoms with van der Waals surface area (Å²) in [7, 11) is 0. The Hall–Kier alpha value is -3.15. The van der Waals surface area contributed by atoms with Crippen LogP contribution in [0.2, 0.25) is 0 Å². The smallest absolute Gasteiger partial charge is 0.248 e. The SMILES string of the molecule is CCCCc1ccc(CC(=O)N(CC)CCC(=O)Nc2ccc(C(N)=O)cc2)cc1. The number of rotatable bonds is 11. The van der Waals surface area contributed by atoms with Crippen molar-refractivity contribution < 1.29 is 14.4 Å². The Morgan fingerprint density at radius 1 is 0.933 bits per heavy atom. The van der Waals surface area contributed by atoms with Crippen LogP contribution in [-0.4, -0.2) is 35.7 Å². The Morgan fingerprint density at radius 2 is 1.57 bits per heavy atom. The third-order valence-electron chi connectivity index (χ3n) is 4.99. The van der Waals surface area contributed by atoms with E-state index in [1.165, 1.54) is 12.0 Å². The molecule has 0 aromatic heterocycles. The van der Waals surface area contributed by atoms with Gasteiger partial charge in [-0.25, -0.2) is 0 Å². The Morgan fingerprint density at radius 3 is 2.13 bits per heavy atom. The molecular weight excluding hydrogens is 378 g/mol. The van der Waals surface area contributed by atoms with Gasteiger partial charge in [-0.2, -0.15) is 0 Å². The zero-order chi connectivity index (χ0) is 21.9. The molecule has 0 aliphatic carbocycles. The number of hydrogen-bond acceptors (Lipinski definition) is 3. The molecule has 2 rings (SSSR count). The fraction of sp³-hybridized carbons (Fsp3) is 0.375. The molecule has 160 valence electrons. The van der Waals surface area contributed by atoms with Gasteiger partial charge < -0.3 is 16.0 Å². The maximum atomic E-state index is 12.6. The molecule has 0 saturated heterocycles. The van der Waals surface area contributed by atoms with Crippen LogP contribution in [0.25, 0.3) is 0 Å². The molecule has 30 heavy (non-hydrogen) atoms. The summed E-state index contributed by atoms with van der Waals surface area (Å²) in [6, 6.07) is 14.6. The quantitative estimate of drug-likeness (QED) is 0.594. The van der Waals surface area contributed by atoms with E-state index in [0.29, 0.717) is 30.8 Å². The lowest BCUT2D eigenvalue weighted by molar-refractivity contribution is -0.130. The van der Waals surface area contributed by atoms with Crippen LogP contribution in [0.1, 0.15) is 54.6 Å². The molecule has 3 amide bonds. The maximum absolute atomic E-state index is 12.6. The summed E-state index contributed by atoms with van der Waals surface area (Å²) < 4.78 is 0. The Balaban J connectivity index is 1.82. The third kappa shape index (κ3) is 7.35. The molecular formula is C24H31N3O3. The van der Waals surface area contributed by atoms with Crippen molar-refractivity contribution in [3.05, 3.63) is 65.2 Å². The van der Waals surface area contributed by atoms with Gasteiger partial charge in [-0.15, -0.1) is 0 Å². The molecule has 0 aliphatic rings. The topological polar surface area (TPSA) is 92.5 Å². The lowest BCUT2D eigenvalue weighted by atomic mass is 10.0. The summed E-state index contributed by atoms with van der Waals surface area (Å²) >= 11 is 0. The second-order valence-corrected chi connectivity index (χ2v) is 7.31. The molecule has 2 aromatic carbocycles. The Labute approximate surface area is 178 Å². The monoisotopic (exact) mass is 409 g/mol. The first-order valence-corrected chi connectivity index (χ1v) is 10.5. The average Bonchev–Trinajstić information content (AvgIpc) is 2.74. The number of unbranched alkanes of at least 4 members (excludes halogenated alkanes) is 1. The third-order valence-corrected chi connectivity index (χ3v) is 4.99. The van der Waals surface area contributed by atoms with Crippen LogP contribution >= 0.6 is 0 Å². The number of hydrogen-bond donors (Lipinski definition) is 2. The van der Waals surface area contributed by atoms with Crippen molar-refractivity contribution in [1.29, 1.82) is 0 Å². The number of nitrogens with one attached hydrogen (secondary N) is 1. The minimum atomic E-state index is -0.513. The van der Waals surface area contributed by atoms with E-state index in [-0.39, 0.29) is 18.2 Å². The predicted octanol–water partition coefficient (Wildman–Crippen LogP) is 3.55. The highest BCUT2D eigenvalue weighted by Gasteiger charge is 2.14. The highest BCUT2D eigenvalue weighted by Crippen LogP contribution is 2.11. The first-order valence-electron chi connectivity index (χ1n) is 10.5. The summed E-state index contributed by atoms with van der Waals surface area (Å²) in [6.45, 7) is 4.99. The molecule has 0 fully saturated rings. The van der Waals surface area contributed by atoms with E-state index in [1.807, 2.05) is 19.1 Å². The maximum Gasteiger partial charge on any atom is 0.248 e. The minimum Gasteiger partial charge on any atom is -0.366 e. The van der Waals surface area contributed by atoms with E-state index >= 15 is 0 Å². The number of carbonyl (C=O) groups is 3. The molecule has 0 aliphatic heterocycles. The standard InChI is InChI=1S/C24H31N3O3/c1-3-5-6-18-7-9-19(10-8-18)17-23(29)27(4-2)16-15-22(28)26-21-13-11-20(12-14-21)24(25)30/h7-14H,3-6,15-17H2,1-2H3,(H2,25,30)(H,26,28). The molecule has 0 bridgehead atoms. The van der Waals surface area contributed by atoms with Gasteiger partial charge in [-0.05, 0) is 55.2 Å². The van der Waals surface area contributed by atoms with Gasteiger partial charge in [0.1, 0.15) is 0 Å². The van der Waals surface area contributed by atoms with E-state index < -0.39 is 5.91 Å². The van der Waals surface area contributed by atoms with E-state index in [4.69, 9.17) is 5.73 Å². The van der Waals surface area contributed by atoms with E-state index in [1.54, 1.807) is 29.2 Å². The summed E-state index contributed by atoms with van der Waals surface area (Å²) in [5.74, 6) is -0.689. The normalized spacial score (nSPS) is 10.5. The minimum absolute atomic E-state index is 0.0115. The van der Waals surface area contributed by atoms with Crippen molar-refractivity contribution in [3.63, 3.8) is 0 Å². The number of nitrogens with zero attached hydrogens (tertiary/aromatic N) is 1. The lowest BCUT2D eigenvalue weighted by Crippen LogP contribution is -2.34. The number of likely N-dealkylation sites (N-methyl/N-ethyl adjacent to an activating group) is 1. The summed E-state index contributed by atoms with van der Waals surface area (Å²) in [5, 5.41) is 2.77. The molecule has 0 heterocycles. The first-order chi connectivity index (χ1) is 14.4. The largest absolute Gasteiger partial charge is 0.366 e. The average molecular weight is 410 g/mol. The van der Waals surface area contributed by atoms with Gasteiger partial charge in [-0.3, -0.25) is 14.4 Å². The summed E-state index contributed by atoms with van der Waals surface area (Å²) in [4.78, 5) is 37.6. The molecule has 0 unspecified atom stereocenters. The Bertz CT molecular complexity index is 845. The van der Waals surface area contributed by atoms with Crippen LogP contribution in [0.15, 0.2) is 48.5 Å². The number of nitrogens with two attached hydrogens (primary N) is 1. The molecule has 0 atom stereocenters. The number of primary amides is 1. The van der Waals surface area contributed by atoms with Gasteiger partial charge in [0.2, 0.25) is 17.7 Å². The van der Waals surface area contributed by atoms with E-state index in [0.717, 1.165) is 18.4 Å². The van der Waals surface area contributed by atoms with Gasteiger partial charge in [0, 0.05) is 30.8 Å². The van der Waals surface area contributed by atoms with Crippen molar-refractivity contribution >= 4 is 23.4 Å². The number of benzene rings is 2. The number of amides is 3. The molecule has 0 radical (unpaired) electrons. The van der Waals surface area contributed by atoms with E-state index in [9.17, 15) is 14.4 Å². The van der Waals surface area contributed by atoms with Crippen LogP contribution in [-0.2, 0) is 22.4 Å². The van der Waals surface area contributed by atoms with Gasteiger partial charge in [0.05, 0.1) is 6.42 Å². The summed E-state index contributed by atoms with van der Waals surface area (Å²) in [6.07, 6.45) is 3.93. The molecule has 6 heteroatoms. The fourth-order valence-electron chi connectivity index (χ4n) is 3.13.